The van der Waals surface area contributed by atoms with Gasteiger partial charge in [-0.3, -0.25) is 10.1 Å². The standard InChI is InChI=1S/C19H16F2N4O/c20-14-6-7-15(21)13(8-14)10-22-18-11-23-19(26)17-9-16(24-25(17)18)12-4-2-1-3-5-12/h1-9,18,22H,10-11H2,(H,23,26). The first kappa shape index (κ1) is 16.4. The predicted octanol–water partition coefficient (Wildman–Crippen LogP) is 2.86. The van der Waals surface area contributed by atoms with Crippen LogP contribution in [0.5, 0.6) is 0 Å². The third-order valence-electron chi connectivity index (χ3n) is 4.33. The van der Waals surface area contributed by atoms with E-state index in [0.717, 1.165) is 23.8 Å². The minimum atomic E-state index is -0.494. The number of carbonyl (C=O) groups is 1. The maximum atomic E-state index is 13.8. The van der Waals surface area contributed by atoms with Crippen LogP contribution in [0.15, 0.2) is 54.6 Å². The Labute approximate surface area is 148 Å². The molecule has 1 unspecified atom stereocenters. The highest BCUT2D eigenvalue weighted by molar-refractivity contribution is 5.94. The van der Waals surface area contributed by atoms with Crippen molar-refractivity contribution in [1.29, 1.82) is 0 Å². The van der Waals surface area contributed by atoms with E-state index in [4.69, 9.17) is 0 Å². The summed E-state index contributed by atoms with van der Waals surface area (Å²) in [5.41, 5.74) is 2.23. The summed E-state index contributed by atoms with van der Waals surface area (Å²) in [7, 11) is 0. The van der Waals surface area contributed by atoms with E-state index in [1.165, 1.54) is 0 Å². The fourth-order valence-corrected chi connectivity index (χ4v) is 2.98. The number of fused-ring (bicyclic) bond motifs is 1. The van der Waals surface area contributed by atoms with Crippen LogP contribution in [0.2, 0.25) is 0 Å². The molecule has 5 nitrogen and oxygen atoms in total. The zero-order valence-electron chi connectivity index (χ0n) is 13.7. The van der Waals surface area contributed by atoms with Crippen LogP contribution < -0.4 is 10.6 Å². The van der Waals surface area contributed by atoms with Gasteiger partial charge in [0.1, 0.15) is 23.5 Å². The fraction of sp³-hybridized carbons (Fsp3) is 0.158. The second kappa shape index (κ2) is 6.68. The molecule has 7 heteroatoms. The molecule has 2 aromatic carbocycles. The largest absolute Gasteiger partial charge is 0.347 e. The minimum absolute atomic E-state index is 0.115. The molecule has 3 aromatic rings. The van der Waals surface area contributed by atoms with E-state index in [1.807, 2.05) is 30.3 Å². The average molecular weight is 354 g/mol. The molecule has 0 aliphatic carbocycles. The minimum Gasteiger partial charge on any atom is -0.347 e. The Morgan fingerprint density at radius 2 is 1.96 bits per heavy atom. The quantitative estimate of drug-likeness (QED) is 0.757. The summed E-state index contributed by atoms with van der Waals surface area (Å²) in [5, 5.41) is 10.4. The second-order valence-electron chi connectivity index (χ2n) is 6.07. The van der Waals surface area contributed by atoms with Gasteiger partial charge in [0.25, 0.3) is 5.91 Å². The van der Waals surface area contributed by atoms with Gasteiger partial charge in [0, 0.05) is 17.7 Å². The van der Waals surface area contributed by atoms with Crippen LogP contribution in [-0.4, -0.2) is 22.2 Å². The summed E-state index contributed by atoms with van der Waals surface area (Å²) in [6.45, 7) is 0.419. The Hall–Kier alpha value is -3.06. The van der Waals surface area contributed by atoms with Gasteiger partial charge in [0.05, 0.1) is 12.2 Å². The SMILES string of the molecule is O=C1NCC(NCc2cc(F)ccc2F)n2nc(-c3ccccc3)cc21. The Balaban J connectivity index is 1.60. The topological polar surface area (TPSA) is 59.0 Å². The first-order valence-electron chi connectivity index (χ1n) is 8.22. The number of carbonyl (C=O) groups excluding carboxylic acids is 1. The second-order valence-corrected chi connectivity index (χ2v) is 6.07. The average Bonchev–Trinajstić information content (AvgIpc) is 3.11. The van der Waals surface area contributed by atoms with E-state index >= 15 is 0 Å². The molecule has 1 atom stereocenters. The van der Waals surface area contributed by atoms with Crippen LogP contribution >= 0.6 is 0 Å². The van der Waals surface area contributed by atoms with E-state index in [9.17, 15) is 13.6 Å². The van der Waals surface area contributed by atoms with Gasteiger partial charge in [-0.05, 0) is 24.3 Å². The number of rotatable bonds is 4. The third-order valence-corrected chi connectivity index (χ3v) is 4.33. The summed E-state index contributed by atoms with van der Waals surface area (Å²) in [4.78, 5) is 12.1. The molecule has 1 amide bonds. The number of nitrogens with zero attached hydrogens (tertiary/aromatic N) is 2. The number of amides is 1. The van der Waals surface area contributed by atoms with Crippen molar-refractivity contribution < 1.29 is 13.6 Å². The highest BCUT2D eigenvalue weighted by Crippen LogP contribution is 2.23. The zero-order chi connectivity index (χ0) is 18.1. The number of aromatic nitrogens is 2. The van der Waals surface area contributed by atoms with Crippen molar-refractivity contribution in [3.63, 3.8) is 0 Å². The lowest BCUT2D eigenvalue weighted by atomic mass is 10.1. The van der Waals surface area contributed by atoms with Crippen molar-refractivity contribution in [2.45, 2.75) is 12.7 Å². The number of benzene rings is 2. The first-order chi connectivity index (χ1) is 12.6. The van der Waals surface area contributed by atoms with Crippen LogP contribution in [0.3, 0.4) is 0 Å². The van der Waals surface area contributed by atoms with Gasteiger partial charge in [-0.1, -0.05) is 30.3 Å². The lowest BCUT2D eigenvalue weighted by molar-refractivity contribution is 0.0900. The molecule has 0 saturated carbocycles. The molecule has 0 radical (unpaired) electrons. The van der Waals surface area contributed by atoms with E-state index in [1.54, 1.807) is 10.7 Å². The summed E-state index contributed by atoms with van der Waals surface area (Å²) in [5.74, 6) is -1.19. The number of hydrogen-bond acceptors (Lipinski definition) is 3. The molecule has 26 heavy (non-hydrogen) atoms. The van der Waals surface area contributed by atoms with Crippen LogP contribution in [0.4, 0.5) is 8.78 Å². The van der Waals surface area contributed by atoms with Crippen molar-refractivity contribution in [2.75, 3.05) is 6.54 Å². The van der Waals surface area contributed by atoms with Gasteiger partial charge in [0.2, 0.25) is 0 Å². The van der Waals surface area contributed by atoms with Crippen molar-refractivity contribution in [3.05, 3.63) is 77.5 Å². The molecule has 4 rings (SSSR count). The summed E-state index contributed by atoms with van der Waals surface area (Å²) >= 11 is 0. The predicted molar refractivity (Wildman–Crippen MR) is 92.2 cm³/mol. The highest BCUT2D eigenvalue weighted by Gasteiger charge is 2.27. The Kier molecular flexibility index (Phi) is 4.22. The van der Waals surface area contributed by atoms with E-state index in [-0.39, 0.29) is 24.2 Å². The molecular weight excluding hydrogens is 338 g/mol. The summed E-state index contributed by atoms with van der Waals surface area (Å²) < 4.78 is 28.7. The van der Waals surface area contributed by atoms with Crippen LogP contribution in [0.1, 0.15) is 22.2 Å². The molecule has 0 spiro atoms. The van der Waals surface area contributed by atoms with Gasteiger partial charge >= 0.3 is 0 Å². The maximum Gasteiger partial charge on any atom is 0.269 e. The normalized spacial score (nSPS) is 16.2. The lowest BCUT2D eigenvalue weighted by Gasteiger charge is -2.26. The number of hydrogen-bond donors (Lipinski definition) is 2. The monoisotopic (exact) mass is 354 g/mol. The van der Waals surface area contributed by atoms with Crippen LogP contribution in [0.25, 0.3) is 11.3 Å². The van der Waals surface area contributed by atoms with E-state index in [0.29, 0.717) is 17.9 Å². The zero-order valence-corrected chi connectivity index (χ0v) is 13.7. The third kappa shape index (κ3) is 3.09. The highest BCUT2D eigenvalue weighted by atomic mass is 19.1. The molecule has 0 fully saturated rings. The van der Waals surface area contributed by atoms with Crippen molar-refractivity contribution in [2.24, 2.45) is 0 Å². The Bertz CT molecular complexity index is 955. The molecule has 0 saturated heterocycles. The maximum absolute atomic E-state index is 13.8. The van der Waals surface area contributed by atoms with Crippen molar-refractivity contribution >= 4 is 5.91 Å². The molecule has 1 aromatic heterocycles. The van der Waals surface area contributed by atoms with Crippen LogP contribution in [-0.2, 0) is 6.54 Å². The van der Waals surface area contributed by atoms with Gasteiger partial charge in [0.15, 0.2) is 0 Å². The Morgan fingerprint density at radius 1 is 1.15 bits per heavy atom. The molecule has 1 aliphatic heterocycles. The van der Waals surface area contributed by atoms with E-state index in [2.05, 4.69) is 15.7 Å². The lowest BCUT2D eigenvalue weighted by Crippen LogP contribution is -2.45. The summed E-state index contributed by atoms with van der Waals surface area (Å²) in [6, 6.07) is 14.6. The van der Waals surface area contributed by atoms with Gasteiger partial charge in [-0.15, -0.1) is 0 Å². The molecular formula is C19H16F2N4O. The summed E-state index contributed by atoms with van der Waals surface area (Å²) in [6.07, 6.45) is -0.358. The van der Waals surface area contributed by atoms with Gasteiger partial charge in [-0.2, -0.15) is 5.10 Å². The van der Waals surface area contributed by atoms with E-state index < -0.39 is 11.6 Å². The molecule has 0 bridgehead atoms. The van der Waals surface area contributed by atoms with Crippen LogP contribution in [0, 0.1) is 11.6 Å². The molecule has 2 N–H and O–H groups in total. The Morgan fingerprint density at radius 3 is 2.77 bits per heavy atom. The number of nitrogens with one attached hydrogen (secondary N) is 2. The molecule has 132 valence electrons. The van der Waals surface area contributed by atoms with Crippen molar-refractivity contribution in [3.8, 4) is 11.3 Å². The van der Waals surface area contributed by atoms with Crippen molar-refractivity contribution in [1.82, 2.24) is 20.4 Å². The fourth-order valence-electron chi connectivity index (χ4n) is 2.98. The van der Waals surface area contributed by atoms with Gasteiger partial charge in [-0.25, -0.2) is 13.5 Å². The molecule has 2 heterocycles. The van der Waals surface area contributed by atoms with Gasteiger partial charge < -0.3 is 5.32 Å². The first-order valence-corrected chi connectivity index (χ1v) is 8.22. The smallest absolute Gasteiger partial charge is 0.269 e. The molecule has 1 aliphatic rings. The number of halogens is 2.